The van der Waals surface area contributed by atoms with Crippen LogP contribution in [0.4, 0.5) is 5.69 Å². The molecule has 0 aromatic heterocycles. The van der Waals surface area contributed by atoms with Gasteiger partial charge in [0.2, 0.25) is 0 Å². The van der Waals surface area contributed by atoms with Crippen LogP contribution in [-0.2, 0) is 14.9 Å². The molecule has 0 aliphatic carbocycles. The smallest absolute Gasteiger partial charge is 0.338 e. The summed E-state index contributed by atoms with van der Waals surface area (Å²) in [6.45, 7) is 6.01. The summed E-state index contributed by atoms with van der Waals surface area (Å²) in [5.74, 6) is -0.869. The Morgan fingerprint density at radius 2 is 1.76 bits per heavy atom. The molecule has 0 saturated heterocycles. The number of anilines is 1. The molecule has 0 atom stereocenters. The Hall–Kier alpha value is -2.27. The minimum Gasteiger partial charge on any atom is -0.452 e. The highest BCUT2D eigenvalue weighted by Gasteiger charge is 2.15. The van der Waals surface area contributed by atoms with Gasteiger partial charge in [-0.25, -0.2) is 4.79 Å². The third-order valence-corrected chi connectivity index (χ3v) is 4.40. The number of rotatable bonds is 5. The van der Waals surface area contributed by atoms with E-state index in [0.29, 0.717) is 11.3 Å². The van der Waals surface area contributed by atoms with Crippen LogP contribution in [0.2, 0.25) is 0 Å². The molecule has 0 radical (unpaired) electrons. The van der Waals surface area contributed by atoms with Crippen molar-refractivity contribution in [2.75, 3.05) is 18.2 Å². The molecule has 4 nitrogen and oxygen atoms in total. The van der Waals surface area contributed by atoms with Gasteiger partial charge in [0, 0.05) is 10.6 Å². The lowest BCUT2D eigenvalue weighted by Crippen LogP contribution is -2.21. The van der Waals surface area contributed by atoms with Crippen LogP contribution in [0.25, 0.3) is 0 Å². The van der Waals surface area contributed by atoms with Gasteiger partial charge >= 0.3 is 5.97 Å². The van der Waals surface area contributed by atoms with E-state index in [1.807, 2.05) is 36.6 Å². The first kappa shape index (κ1) is 19.1. The molecular formula is C20H23NO3S. The fraction of sp³-hybridized carbons (Fsp3) is 0.300. The van der Waals surface area contributed by atoms with Crippen LogP contribution in [0.15, 0.2) is 53.4 Å². The van der Waals surface area contributed by atoms with Gasteiger partial charge < -0.3 is 10.1 Å². The average Bonchev–Trinajstić information content (AvgIpc) is 2.59. The summed E-state index contributed by atoms with van der Waals surface area (Å²) in [5, 5.41) is 2.72. The van der Waals surface area contributed by atoms with Crippen molar-refractivity contribution >= 4 is 29.3 Å². The van der Waals surface area contributed by atoms with Crippen molar-refractivity contribution in [1.82, 2.24) is 0 Å². The molecule has 25 heavy (non-hydrogen) atoms. The highest BCUT2D eigenvalue weighted by molar-refractivity contribution is 7.98. The Morgan fingerprint density at radius 1 is 1.08 bits per heavy atom. The lowest BCUT2D eigenvalue weighted by atomic mass is 9.87. The largest absolute Gasteiger partial charge is 0.452 e. The molecule has 1 N–H and O–H groups in total. The second-order valence-electron chi connectivity index (χ2n) is 6.68. The normalized spacial score (nSPS) is 11.0. The van der Waals surface area contributed by atoms with Crippen LogP contribution in [0, 0.1) is 0 Å². The van der Waals surface area contributed by atoms with Gasteiger partial charge in [0.05, 0.1) is 5.56 Å². The van der Waals surface area contributed by atoms with Gasteiger partial charge in [-0.05, 0) is 47.6 Å². The van der Waals surface area contributed by atoms with Crippen molar-refractivity contribution in [1.29, 1.82) is 0 Å². The van der Waals surface area contributed by atoms with Gasteiger partial charge in [-0.1, -0.05) is 39.0 Å². The maximum Gasteiger partial charge on any atom is 0.338 e. The molecule has 0 spiro atoms. The lowest BCUT2D eigenvalue weighted by Gasteiger charge is -2.18. The molecule has 2 aromatic rings. The zero-order valence-electron chi connectivity index (χ0n) is 15.0. The number of carbonyl (C=O) groups is 2. The number of hydrogen-bond donors (Lipinski definition) is 1. The molecular weight excluding hydrogens is 334 g/mol. The number of amides is 1. The molecule has 5 heteroatoms. The van der Waals surface area contributed by atoms with E-state index >= 15 is 0 Å². The zero-order chi connectivity index (χ0) is 18.4. The average molecular weight is 357 g/mol. The molecule has 0 fully saturated rings. The number of nitrogens with one attached hydrogen (secondary N) is 1. The minimum atomic E-state index is -0.506. The molecule has 0 aliphatic heterocycles. The maximum atomic E-state index is 12.1. The van der Waals surface area contributed by atoms with Crippen molar-refractivity contribution < 1.29 is 14.3 Å². The number of hydrogen-bond acceptors (Lipinski definition) is 4. The molecule has 0 saturated carbocycles. The van der Waals surface area contributed by atoms with E-state index in [2.05, 4.69) is 26.1 Å². The topological polar surface area (TPSA) is 55.4 Å². The van der Waals surface area contributed by atoms with Crippen LogP contribution in [0.3, 0.4) is 0 Å². The first-order valence-electron chi connectivity index (χ1n) is 8.01. The van der Waals surface area contributed by atoms with Crippen molar-refractivity contribution in [2.45, 2.75) is 31.1 Å². The number of ether oxygens (including phenoxy) is 1. The molecule has 2 aromatic carbocycles. The maximum absolute atomic E-state index is 12.1. The Morgan fingerprint density at radius 3 is 2.36 bits per heavy atom. The molecule has 132 valence electrons. The third-order valence-electron chi connectivity index (χ3n) is 3.67. The monoisotopic (exact) mass is 357 g/mol. The van der Waals surface area contributed by atoms with Crippen LogP contribution in [0.1, 0.15) is 36.7 Å². The van der Waals surface area contributed by atoms with E-state index in [9.17, 15) is 9.59 Å². The van der Waals surface area contributed by atoms with E-state index in [4.69, 9.17) is 4.74 Å². The summed E-state index contributed by atoms with van der Waals surface area (Å²) in [6.07, 6.45) is 1.97. The second-order valence-corrected chi connectivity index (χ2v) is 7.56. The van der Waals surface area contributed by atoms with Crippen LogP contribution < -0.4 is 5.32 Å². The fourth-order valence-electron chi connectivity index (χ4n) is 2.22. The standard InChI is InChI=1S/C20H23NO3S/c1-20(2,3)15-10-8-14(9-11-15)19(23)24-13-18(22)21-16-6-5-7-17(12-16)25-4/h5-12H,13H2,1-4H3,(H,21,22). The Labute approximate surface area is 153 Å². The van der Waals surface area contributed by atoms with Crippen LogP contribution in [-0.4, -0.2) is 24.7 Å². The van der Waals surface area contributed by atoms with Gasteiger partial charge in [0.25, 0.3) is 5.91 Å². The number of thioether (sulfide) groups is 1. The summed E-state index contributed by atoms with van der Waals surface area (Å²) in [7, 11) is 0. The molecule has 0 aliphatic rings. The van der Waals surface area contributed by atoms with Crippen LogP contribution in [0.5, 0.6) is 0 Å². The van der Waals surface area contributed by atoms with Crippen molar-refractivity contribution in [3.8, 4) is 0 Å². The Balaban J connectivity index is 1.89. The lowest BCUT2D eigenvalue weighted by molar-refractivity contribution is -0.119. The molecule has 1 amide bonds. The number of benzene rings is 2. The summed E-state index contributed by atoms with van der Waals surface area (Å²) >= 11 is 1.59. The van der Waals surface area contributed by atoms with Gasteiger partial charge in [-0.2, -0.15) is 0 Å². The minimum absolute atomic E-state index is 0.0215. The first-order valence-corrected chi connectivity index (χ1v) is 9.23. The van der Waals surface area contributed by atoms with Gasteiger partial charge in [0.15, 0.2) is 6.61 Å². The van der Waals surface area contributed by atoms with Crippen molar-refractivity contribution in [3.05, 3.63) is 59.7 Å². The van der Waals surface area contributed by atoms with Gasteiger partial charge in [-0.15, -0.1) is 11.8 Å². The SMILES string of the molecule is CSc1cccc(NC(=O)COC(=O)c2ccc(C(C)(C)C)cc2)c1. The number of esters is 1. The summed E-state index contributed by atoms with van der Waals surface area (Å²) in [5.41, 5.74) is 2.27. The quantitative estimate of drug-likeness (QED) is 0.632. The number of carbonyl (C=O) groups excluding carboxylic acids is 2. The molecule has 0 unspecified atom stereocenters. The molecule has 2 rings (SSSR count). The first-order chi connectivity index (χ1) is 11.8. The van der Waals surface area contributed by atoms with Gasteiger partial charge in [0.1, 0.15) is 0 Å². The van der Waals surface area contributed by atoms with Crippen molar-refractivity contribution in [3.63, 3.8) is 0 Å². The fourth-order valence-corrected chi connectivity index (χ4v) is 2.68. The molecule has 0 bridgehead atoms. The highest BCUT2D eigenvalue weighted by Crippen LogP contribution is 2.22. The van der Waals surface area contributed by atoms with E-state index in [0.717, 1.165) is 10.5 Å². The summed E-state index contributed by atoms with van der Waals surface area (Å²) < 4.78 is 5.09. The summed E-state index contributed by atoms with van der Waals surface area (Å²) in [4.78, 5) is 25.0. The predicted octanol–water partition coefficient (Wildman–Crippen LogP) is 4.50. The van der Waals surface area contributed by atoms with E-state index < -0.39 is 5.97 Å². The van der Waals surface area contributed by atoms with E-state index in [1.54, 1.807) is 30.0 Å². The van der Waals surface area contributed by atoms with Crippen LogP contribution >= 0.6 is 11.8 Å². The Bertz CT molecular complexity index is 748. The Kier molecular flexibility index (Phi) is 6.26. The van der Waals surface area contributed by atoms with E-state index in [1.165, 1.54) is 0 Å². The molecule has 0 heterocycles. The predicted molar refractivity (Wildman–Crippen MR) is 102 cm³/mol. The van der Waals surface area contributed by atoms with Gasteiger partial charge in [-0.3, -0.25) is 4.79 Å². The second kappa shape index (κ2) is 8.21. The third kappa shape index (κ3) is 5.64. The summed E-state index contributed by atoms with van der Waals surface area (Å²) in [6, 6.07) is 14.8. The van der Waals surface area contributed by atoms with Crippen molar-refractivity contribution in [2.24, 2.45) is 0 Å². The van der Waals surface area contributed by atoms with E-state index in [-0.39, 0.29) is 17.9 Å². The highest BCUT2D eigenvalue weighted by atomic mass is 32.2. The zero-order valence-corrected chi connectivity index (χ0v) is 15.8.